The lowest BCUT2D eigenvalue weighted by Gasteiger charge is -2.08. The van der Waals surface area contributed by atoms with Gasteiger partial charge in [0.2, 0.25) is 11.5 Å². The fraction of sp³-hybridized carbons (Fsp3) is 0.158. The maximum atomic E-state index is 11.4. The van der Waals surface area contributed by atoms with Gasteiger partial charge in [0.1, 0.15) is 5.82 Å². The third-order valence-electron chi connectivity index (χ3n) is 4.32. The average Bonchev–Trinajstić information content (AvgIpc) is 3.26. The number of nitro groups is 1. The lowest BCUT2D eigenvalue weighted by Crippen LogP contribution is -2.12. The van der Waals surface area contributed by atoms with Gasteiger partial charge in [0.05, 0.1) is 6.20 Å². The molecule has 8 heteroatoms. The van der Waals surface area contributed by atoms with E-state index >= 15 is 0 Å². The van der Waals surface area contributed by atoms with Gasteiger partial charge in [-0.3, -0.25) is 0 Å². The minimum atomic E-state index is -0.418. The highest BCUT2D eigenvalue weighted by Crippen LogP contribution is 2.25. The molecule has 0 saturated heterocycles. The Balaban J connectivity index is 1.47. The number of anilines is 1. The molecule has 0 aliphatic rings. The summed E-state index contributed by atoms with van der Waals surface area (Å²) >= 11 is 0. The number of nitrogens with one attached hydrogen (secondary N) is 1. The highest BCUT2D eigenvalue weighted by atomic mass is 16.6. The highest BCUT2D eigenvalue weighted by Gasteiger charge is 2.21. The molecule has 0 unspecified atom stereocenters. The summed E-state index contributed by atoms with van der Waals surface area (Å²) in [6.07, 6.45) is 5.98. The fourth-order valence-corrected chi connectivity index (χ4v) is 3.06. The first-order valence-corrected chi connectivity index (χ1v) is 8.61. The molecule has 136 valence electrons. The van der Waals surface area contributed by atoms with Gasteiger partial charge < -0.3 is 20.0 Å². The Morgan fingerprint density at radius 1 is 1.07 bits per heavy atom. The third-order valence-corrected chi connectivity index (χ3v) is 4.32. The number of pyridine rings is 1. The van der Waals surface area contributed by atoms with Crippen LogP contribution in [-0.2, 0) is 13.0 Å². The number of hydrogen-bond donors (Lipinski definition) is 1. The van der Waals surface area contributed by atoms with Gasteiger partial charge in [0.25, 0.3) is 0 Å². The number of benzene rings is 1. The van der Waals surface area contributed by atoms with E-state index in [0.717, 1.165) is 12.4 Å². The molecule has 0 saturated carbocycles. The second-order valence-electron chi connectivity index (χ2n) is 6.10. The zero-order chi connectivity index (χ0) is 18.6. The standard InChI is InChI=1S/C19H18N6O2/c26-25(27)19-18(22-17-8-4-5-12-24(17)19)21-10-9-16-20-11-13-23(16)14-15-6-2-1-3-7-15/h1-8,11-13,21H,9-10,14H2. The SMILES string of the molecule is O=[N+]([O-])c1c(NCCc2nccn2Cc2ccccc2)nc2ccccn12. The molecule has 0 aliphatic heterocycles. The lowest BCUT2D eigenvalue weighted by atomic mass is 10.2. The van der Waals surface area contributed by atoms with Crippen LogP contribution in [0.2, 0.25) is 0 Å². The molecule has 8 nitrogen and oxygen atoms in total. The summed E-state index contributed by atoms with van der Waals surface area (Å²) in [6.45, 7) is 1.24. The monoisotopic (exact) mass is 362 g/mol. The Hall–Kier alpha value is -3.68. The predicted octanol–water partition coefficient (Wildman–Crippen LogP) is 3.14. The van der Waals surface area contributed by atoms with Crippen LogP contribution in [-0.4, -0.2) is 30.4 Å². The van der Waals surface area contributed by atoms with Crippen molar-refractivity contribution >= 4 is 17.3 Å². The van der Waals surface area contributed by atoms with Gasteiger partial charge >= 0.3 is 5.82 Å². The maximum Gasteiger partial charge on any atom is 0.372 e. The van der Waals surface area contributed by atoms with E-state index in [9.17, 15) is 10.1 Å². The van der Waals surface area contributed by atoms with E-state index in [0.29, 0.717) is 18.6 Å². The van der Waals surface area contributed by atoms with Gasteiger partial charge in [-0.15, -0.1) is 0 Å². The largest absolute Gasteiger partial charge is 0.372 e. The molecule has 4 rings (SSSR count). The van der Waals surface area contributed by atoms with Gasteiger partial charge in [-0.1, -0.05) is 36.4 Å². The molecule has 1 N–H and O–H groups in total. The van der Waals surface area contributed by atoms with Crippen LogP contribution in [0, 0.1) is 10.1 Å². The smallest absolute Gasteiger partial charge is 0.363 e. The van der Waals surface area contributed by atoms with Crippen LogP contribution in [0.5, 0.6) is 0 Å². The summed E-state index contributed by atoms with van der Waals surface area (Å²) in [5.41, 5.74) is 1.73. The van der Waals surface area contributed by atoms with E-state index in [4.69, 9.17) is 0 Å². The minimum Gasteiger partial charge on any atom is -0.363 e. The molecular weight excluding hydrogens is 344 g/mol. The second-order valence-corrected chi connectivity index (χ2v) is 6.10. The molecule has 27 heavy (non-hydrogen) atoms. The third kappa shape index (κ3) is 3.50. The van der Waals surface area contributed by atoms with Crippen LogP contribution in [0.25, 0.3) is 5.65 Å². The van der Waals surface area contributed by atoms with Crippen molar-refractivity contribution in [2.45, 2.75) is 13.0 Å². The summed E-state index contributed by atoms with van der Waals surface area (Å²) in [6, 6.07) is 15.4. The lowest BCUT2D eigenvalue weighted by molar-refractivity contribution is -0.389. The van der Waals surface area contributed by atoms with E-state index in [1.807, 2.05) is 24.4 Å². The first-order chi connectivity index (χ1) is 13.2. The molecule has 0 radical (unpaired) electrons. The van der Waals surface area contributed by atoms with Crippen LogP contribution < -0.4 is 5.32 Å². The Labute approximate surface area is 155 Å². The van der Waals surface area contributed by atoms with Crippen molar-refractivity contribution in [3.8, 4) is 0 Å². The molecule has 0 spiro atoms. The fourth-order valence-electron chi connectivity index (χ4n) is 3.06. The van der Waals surface area contributed by atoms with Crippen LogP contribution in [0.3, 0.4) is 0 Å². The zero-order valence-electron chi connectivity index (χ0n) is 14.5. The van der Waals surface area contributed by atoms with Crippen molar-refractivity contribution in [1.29, 1.82) is 0 Å². The Morgan fingerprint density at radius 2 is 1.89 bits per heavy atom. The number of nitrogens with zero attached hydrogens (tertiary/aromatic N) is 5. The highest BCUT2D eigenvalue weighted by molar-refractivity contribution is 5.62. The van der Waals surface area contributed by atoms with Gasteiger partial charge in [-0.2, -0.15) is 9.38 Å². The van der Waals surface area contributed by atoms with Gasteiger partial charge in [0.15, 0.2) is 0 Å². The second kappa shape index (κ2) is 7.28. The minimum absolute atomic E-state index is 0.0572. The van der Waals surface area contributed by atoms with Crippen LogP contribution >= 0.6 is 0 Å². The Bertz CT molecular complexity index is 1070. The molecule has 4 aromatic rings. The summed E-state index contributed by atoms with van der Waals surface area (Å²) in [5, 5.41) is 14.5. The van der Waals surface area contributed by atoms with E-state index in [-0.39, 0.29) is 11.6 Å². The van der Waals surface area contributed by atoms with Crippen molar-refractivity contribution in [2.24, 2.45) is 0 Å². The summed E-state index contributed by atoms with van der Waals surface area (Å²) in [4.78, 5) is 19.7. The van der Waals surface area contributed by atoms with Crippen molar-refractivity contribution in [1.82, 2.24) is 18.9 Å². The van der Waals surface area contributed by atoms with E-state index in [1.165, 1.54) is 9.96 Å². The molecule has 3 heterocycles. The first-order valence-electron chi connectivity index (χ1n) is 8.61. The van der Waals surface area contributed by atoms with Gasteiger partial charge in [-0.05, 0) is 16.6 Å². The van der Waals surface area contributed by atoms with E-state index in [2.05, 4.69) is 32.0 Å². The van der Waals surface area contributed by atoms with E-state index in [1.54, 1.807) is 30.6 Å². The van der Waals surface area contributed by atoms with Crippen LogP contribution in [0.4, 0.5) is 11.6 Å². The predicted molar refractivity (Wildman–Crippen MR) is 102 cm³/mol. The Kier molecular flexibility index (Phi) is 4.52. The molecule has 0 atom stereocenters. The van der Waals surface area contributed by atoms with Crippen LogP contribution in [0.1, 0.15) is 11.4 Å². The van der Waals surface area contributed by atoms with E-state index < -0.39 is 4.92 Å². The summed E-state index contributed by atoms with van der Waals surface area (Å²) < 4.78 is 3.55. The maximum absolute atomic E-state index is 11.4. The Morgan fingerprint density at radius 3 is 2.70 bits per heavy atom. The molecule has 0 bridgehead atoms. The number of imidazole rings is 2. The summed E-state index contributed by atoms with van der Waals surface area (Å²) in [7, 11) is 0. The average molecular weight is 362 g/mol. The molecule has 3 aromatic heterocycles. The quantitative estimate of drug-likeness (QED) is 0.403. The van der Waals surface area contributed by atoms with Crippen molar-refractivity contribution in [3.05, 3.63) is 88.6 Å². The number of hydrogen-bond acceptors (Lipinski definition) is 5. The first kappa shape index (κ1) is 16.8. The summed E-state index contributed by atoms with van der Waals surface area (Å²) in [5.74, 6) is 1.13. The number of rotatable bonds is 7. The molecule has 0 amide bonds. The van der Waals surface area contributed by atoms with Crippen LogP contribution in [0.15, 0.2) is 67.1 Å². The van der Waals surface area contributed by atoms with Crippen molar-refractivity contribution in [2.75, 3.05) is 11.9 Å². The molecule has 0 aliphatic carbocycles. The van der Waals surface area contributed by atoms with Crippen molar-refractivity contribution < 1.29 is 4.92 Å². The molecular formula is C19H18N6O2. The number of fused-ring (bicyclic) bond motifs is 1. The zero-order valence-corrected chi connectivity index (χ0v) is 14.5. The van der Waals surface area contributed by atoms with Gasteiger partial charge in [0, 0.05) is 38.0 Å². The number of aromatic nitrogens is 4. The molecule has 0 fully saturated rings. The van der Waals surface area contributed by atoms with Crippen molar-refractivity contribution in [3.63, 3.8) is 0 Å². The van der Waals surface area contributed by atoms with Gasteiger partial charge in [-0.25, -0.2) is 4.98 Å². The topological polar surface area (TPSA) is 90.3 Å². The normalized spacial score (nSPS) is 11.0. The molecule has 1 aromatic carbocycles.